The van der Waals surface area contributed by atoms with Crippen molar-refractivity contribution >= 4 is 0 Å². The van der Waals surface area contributed by atoms with E-state index in [0.29, 0.717) is 12.2 Å². The lowest BCUT2D eigenvalue weighted by molar-refractivity contribution is -0.108. The maximum Gasteiger partial charge on any atom is 0.0608 e. The van der Waals surface area contributed by atoms with Crippen molar-refractivity contribution in [3.8, 4) is 0 Å². The number of piperidine rings is 2. The van der Waals surface area contributed by atoms with Gasteiger partial charge in [0.1, 0.15) is 0 Å². The van der Waals surface area contributed by atoms with Crippen molar-refractivity contribution in [3.63, 3.8) is 0 Å². The van der Waals surface area contributed by atoms with Crippen LogP contribution in [0.1, 0.15) is 45.4 Å². The summed E-state index contributed by atoms with van der Waals surface area (Å²) >= 11 is 0. The van der Waals surface area contributed by atoms with E-state index in [-0.39, 0.29) is 0 Å². The van der Waals surface area contributed by atoms with Crippen LogP contribution in [0.15, 0.2) is 0 Å². The van der Waals surface area contributed by atoms with Crippen LogP contribution in [-0.4, -0.2) is 110 Å². The Morgan fingerprint density at radius 3 is 2.04 bits per heavy atom. The Balaban J connectivity index is 1.08. The molecule has 0 aromatic heterocycles. The van der Waals surface area contributed by atoms with E-state index in [1.54, 1.807) is 0 Å². The molecule has 1 saturated carbocycles. The molecule has 0 aromatic rings. The highest BCUT2D eigenvalue weighted by atomic mass is 16.5. The third kappa shape index (κ3) is 5.45. The van der Waals surface area contributed by atoms with E-state index in [1.165, 1.54) is 104 Å². The molecule has 0 unspecified atom stereocenters. The molecule has 0 spiro atoms. The van der Waals surface area contributed by atoms with Gasteiger partial charge in [0.2, 0.25) is 0 Å². The fourth-order valence-electron chi connectivity index (χ4n) is 5.50. The highest BCUT2D eigenvalue weighted by molar-refractivity contribution is 4.91. The number of ether oxygens (including phenoxy) is 1. The SMILES string of the molecule is CCN1CCN(C2CC(OC3CCN(CC4CCN(C)CC4)CC3)C2)CC1. The molecule has 3 aliphatic heterocycles. The summed E-state index contributed by atoms with van der Waals surface area (Å²) in [4.78, 5) is 10.5. The van der Waals surface area contributed by atoms with Crippen LogP contribution in [0.3, 0.4) is 0 Å². The molecule has 0 bridgehead atoms. The van der Waals surface area contributed by atoms with E-state index in [4.69, 9.17) is 4.74 Å². The Bertz CT molecular complexity index is 432. The van der Waals surface area contributed by atoms with E-state index in [0.717, 1.165) is 12.0 Å². The first-order chi connectivity index (χ1) is 13.2. The van der Waals surface area contributed by atoms with E-state index < -0.39 is 0 Å². The monoisotopic (exact) mass is 378 g/mol. The van der Waals surface area contributed by atoms with E-state index >= 15 is 0 Å². The summed E-state index contributed by atoms with van der Waals surface area (Å²) in [6.45, 7) is 15.0. The summed E-state index contributed by atoms with van der Waals surface area (Å²) in [6.07, 6.45) is 8.92. The lowest BCUT2D eigenvalue weighted by Crippen LogP contribution is -2.56. The molecule has 0 atom stereocenters. The Kier molecular flexibility index (Phi) is 7.09. The zero-order valence-electron chi connectivity index (χ0n) is 17.8. The second-order valence-electron chi connectivity index (χ2n) is 9.60. The normalized spacial score (nSPS) is 34.0. The minimum atomic E-state index is 0.529. The summed E-state index contributed by atoms with van der Waals surface area (Å²) < 4.78 is 6.47. The molecule has 5 nitrogen and oxygen atoms in total. The standard InChI is InChI=1S/C22H42N4O/c1-3-24-12-14-26(15-13-24)20-16-22(17-20)27-21-6-10-25(11-7-21)18-19-4-8-23(2)9-5-19/h19-22H,3-18H2,1-2H3. The molecular weight excluding hydrogens is 336 g/mol. The summed E-state index contributed by atoms with van der Waals surface area (Å²) in [5.74, 6) is 0.930. The summed E-state index contributed by atoms with van der Waals surface area (Å²) in [6, 6.07) is 0.804. The van der Waals surface area contributed by atoms with Gasteiger partial charge in [-0.3, -0.25) is 4.90 Å². The van der Waals surface area contributed by atoms with Gasteiger partial charge in [0.15, 0.2) is 0 Å². The van der Waals surface area contributed by atoms with Gasteiger partial charge in [-0.15, -0.1) is 0 Å². The molecule has 3 saturated heterocycles. The minimum absolute atomic E-state index is 0.529. The average molecular weight is 379 g/mol. The Morgan fingerprint density at radius 1 is 0.741 bits per heavy atom. The van der Waals surface area contributed by atoms with Crippen LogP contribution in [0, 0.1) is 5.92 Å². The average Bonchev–Trinajstić information content (AvgIpc) is 2.68. The summed E-state index contributed by atoms with van der Waals surface area (Å²) in [5, 5.41) is 0. The van der Waals surface area contributed by atoms with E-state index in [1.807, 2.05) is 0 Å². The van der Waals surface area contributed by atoms with Gasteiger partial charge in [-0.25, -0.2) is 0 Å². The zero-order chi connectivity index (χ0) is 18.6. The molecule has 1 aliphatic carbocycles. The maximum absolute atomic E-state index is 6.47. The molecule has 3 heterocycles. The summed E-state index contributed by atoms with van der Waals surface area (Å²) in [7, 11) is 2.26. The predicted octanol–water partition coefficient (Wildman–Crippen LogP) is 1.98. The third-order valence-corrected chi connectivity index (χ3v) is 7.71. The number of piperazine rings is 1. The Labute approximate surface area is 167 Å². The number of nitrogens with zero attached hydrogens (tertiary/aromatic N) is 4. The van der Waals surface area contributed by atoms with Crippen LogP contribution in [0.4, 0.5) is 0 Å². The van der Waals surface area contributed by atoms with E-state index in [2.05, 4.69) is 33.6 Å². The van der Waals surface area contributed by atoms with Crippen LogP contribution in [-0.2, 0) is 4.74 Å². The Morgan fingerprint density at radius 2 is 1.41 bits per heavy atom. The molecular formula is C22H42N4O. The van der Waals surface area contributed by atoms with Crippen molar-refractivity contribution in [2.45, 2.75) is 63.7 Å². The molecule has 0 radical (unpaired) electrons. The first-order valence-corrected chi connectivity index (χ1v) is 11.7. The van der Waals surface area contributed by atoms with Crippen LogP contribution >= 0.6 is 0 Å². The molecule has 0 aromatic carbocycles. The van der Waals surface area contributed by atoms with Crippen LogP contribution < -0.4 is 0 Å². The van der Waals surface area contributed by atoms with E-state index in [9.17, 15) is 0 Å². The third-order valence-electron chi connectivity index (χ3n) is 7.71. The molecule has 0 amide bonds. The molecule has 4 rings (SSSR count). The smallest absolute Gasteiger partial charge is 0.0608 e. The fourth-order valence-corrected chi connectivity index (χ4v) is 5.50. The second kappa shape index (κ2) is 9.53. The van der Waals surface area contributed by atoms with Crippen molar-refractivity contribution < 1.29 is 4.74 Å². The minimum Gasteiger partial charge on any atom is -0.375 e. The van der Waals surface area contributed by atoms with Gasteiger partial charge in [-0.1, -0.05) is 6.92 Å². The Hall–Kier alpha value is -0.200. The topological polar surface area (TPSA) is 22.2 Å². The number of hydrogen-bond donors (Lipinski definition) is 0. The molecule has 4 aliphatic rings. The number of rotatable bonds is 6. The van der Waals surface area contributed by atoms with Crippen molar-refractivity contribution in [2.24, 2.45) is 5.92 Å². The highest BCUT2D eigenvalue weighted by Gasteiger charge is 2.37. The first-order valence-electron chi connectivity index (χ1n) is 11.7. The van der Waals surface area contributed by atoms with Gasteiger partial charge in [-0.2, -0.15) is 0 Å². The molecule has 27 heavy (non-hydrogen) atoms. The predicted molar refractivity (Wildman–Crippen MR) is 111 cm³/mol. The molecule has 156 valence electrons. The first kappa shape index (κ1) is 20.1. The second-order valence-corrected chi connectivity index (χ2v) is 9.60. The molecule has 0 N–H and O–H groups in total. The van der Waals surface area contributed by atoms with Crippen LogP contribution in [0.2, 0.25) is 0 Å². The van der Waals surface area contributed by atoms with Crippen molar-refractivity contribution in [2.75, 3.05) is 72.5 Å². The van der Waals surface area contributed by atoms with Crippen molar-refractivity contribution in [1.29, 1.82) is 0 Å². The van der Waals surface area contributed by atoms with Gasteiger partial charge < -0.3 is 19.4 Å². The van der Waals surface area contributed by atoms with Gasteiger partial charge >= 0.3 is 0 Å². The summed E-state index contributed by atoms with van der Waals surface area (Å²) in [5.41, 5.74) is 0. The lowest BCUT2D eigenvalue weighted by Gasteiger charge is -2.47. The number of likely N-dealkylation sites (N-methyl/N-ethyl adjacent to an activating group) is 1. The molecule has 5 heteroatoms. The zero-order valence-corrected chi connectivity index (χ0v) is 17.8. The van der Waals surface area contributed by atoms with Gasteiger partial charge in [0.25, 0.3) is 0 Å². The van der Waals surface area contributed by atoms with Crippen LogP contribution in [0.5, 0.6) is 0 Å². The van der Waals surface area contributed by atoms with Crippen LogP contribution in [0.25, 0.3) is 0 Å². The van der Waals surface area contributed by atoms with Crippen molar-refractivity contribution in [3.05, 3.63) is 0 Å². The van der Waals surface area contributed by atoms with Crippen molar-refractivity contribution in [1.82, 2.24) is 19.6 Å². The van der Waals surface area contributed by atoms with Gasteiger partial charge in [0, 0.05) is 51.9 Å². The largest absolute Gasteiger partial charge is 0.375 e. The van der Waals surface area contributed by atoms with Gasteiger partial charge in [0.05, 0.1) is 12.2 Å². The fraction of sp³-hybridized carbons (Fsp3) is 1.00. The van der Waals surface area contributed by atoms with Gasteiger partial charge in [-0.05, 0) is 71.1 Å². The molecule has 4 fully saturated rings. The number of likely N-dealkylation sites (tertiary alicyclic amines) is 2. The highest BCUT2D eigenvalue weighted by Crippen LogP contribution is 2.32. The maximum atomic E-state index is 6.47. The number of hydrogen-bond acceptors (Lipinski definition) is 5. The lowest BCUT2D eigenvalue weighted by atomic mass is 9.87. The quantitative estimate of drug-likeness (QED) is 0.703.